The van der Waals surface area contributed by atoms with E-state index >= 15 is 0 Å². The molecule has 1 saturated carbocycles. The number of likely N-dealkylation sites (tertiary alicyclic amines) is 2. The van der Waals surface area contributed by atoms with Gasteiger partial charge in [-0.1, -0.05) is 96.5 Å². The minimum atomic E-state index is -0.867. The van der Waals surface area contributed by atoms with E-state index in [9.17, 15) is 29.5 Å². The van der Waals surface area contributed by atoms with Gasteiger partial charge in [0.1, 0.15) is 30.0 Å². The topological polar surface area (TPSA) is 177 Å². The summed E-state index contributed by atoms with van der Waals surface area (Å²) in [5.74, 6) is -0.0398. The van der Waals surface area contributed by atoms with Gasteiger partial charge >= 0.3 is 0 Å². The molecule has 1 aliphatic carbocycles. The summed E-state index contributed by atoms with van der Waals surface area (Å²) in [6, 6.07) is 21.2. The number of ether oxygens (including phenoxy) is 1. The van der Waals surface area contributed by atoms with Crippen molar-refractivity contribution in [3.8, 4) is 22.3 Å². The predicted molar refractivity (Wildman–Crippen MR) is 270 cm³/mol. The van der Waals surface area contributed by atoms with E-state index < -0.39 is 23.6 Å². The zero-order valence-corrected chi connectivity index (χ0v) is 42.8. The lowest BCUT2D eigenvalue weighted by atomic mass is 9.49. The third-order valence-electron chi connectivity index (χ3n) is 14.5. The first kappa shape index (κ1) is 51.5. The molecule has 4 aromatic rings. The number of nitriles is 1. The van der Waals surface area contributed by atoms with Crippen LogP contribution in [0.4, 0.5) is 0 Å². The largest absolute Gasteiger partial charge is 0.489 e. The van der Waals surface area contributed by atoms with Gasteiger partial charge < -0.3 is 35.6 Å². The highest BCUT2D eigenvalue weighted by molar-refractivity contribution is 7.13. The highest BCUT2D eigenvalue weighted by atomic mass is 35.5. The van der Waals surface area contributed by atoms with Crippen LogP contribution in [-0.2, 0) is 20.9 Å². The number of carbonyl (C=O) groups is 4. The first-order valence-corrected chi connectivity index (χ1v) is 25.5. The van der Waals surface area contributed by atoms with Crippen LogP contribution in [0.5, 0.6) is 5.75 Å². The van der Waals surface area contributed by atoms with Gasteiger partial charge in [-0.05, 0) is 105 Å². The Labute approximate surface area is 416 Å². The highest BCUT2D eigenvalue weighted by Crippen LogP contribution is 2.55. The summed E-state index contributed by atoms with van der Waals surface area (Å²) in [4.78, 5) is 63.8. The molecule has 4 amide bonds. The van der Waals surface area contributed by atoms with E-state index in [0.29, 0.717) is 34.2 Å². The molecule has 3 heterocycles. The maximum absolute atomic E-state index is 14.1. The number of rotatable bonds is 16. The molecule has 13 nitrogen and oxygen atoms in total. The fraction of sp³-hybridized carbons (Fsp3) is 0.519. The summed E-state index contributed by atoms with van der Waals surface area (Å²) < 4.78 is 6.39. The number of nitrogens with one attached hydrogen (secondary N) is 3. The standard InChI is InChI=1S/C54H68ClN7O6S/c1-33-45(69-32-58-33)37-14-12-34(13-15-37)30-57-48(66)43-27-40(63)31-62(43)49(67)46(52(2,3)4)59-44(64)11-9-10-24-61-25-22-36(23-26-61)35-16-18-38(19-17-35)47(65)60-50-53(5,6)51(54(50,7)8)68-41-21-20-39(29-56)42(55)28-41/h12-21,28,32,36,40,43,46,50-51,63H,9-11,22-27,30-31H2,1-8H3,(H,57,66)(H,59,64)(H,60,65)/t40-,43+,46?,50-,51-/m1/s1. The highest BCUT2D eigenvalue weighted by Gasteiger charge is 2.64. The van der Waals surface area contributed by atoms with Crippen LogP contribution >= 0.6 is 22.9 Å². The van der Waals surface area contributed by atoms with Crippen LogP contribution in [0.3, 0.4) is 0 Å². The second kappa shape index (κ2) is 21.3. The van der Waals surface area contributed by atoms with E-state index in [0.717, 1.165) is 60.6 Å². The molecule has 3 fully saturated rings. The average molecular weight is 979 g/mol. The van der Waals surface area contributed by atoms with Gasteiger partial charge in [0.25, 0.3) is 5.91 Å². The normalized spacial score (nSPS) is 21.7. The zero-order chi connectivity index (χ0) is 49.8. The van der Waals surface area contributed by atoms with Crippen molar-refractivity contribution in [1.29, 1.82) is 5.26 Å². The van der Waals surface area contributed by atoms with Crippen LogP contribution in [0.1, 0.15) is 126 Å². The van der Waals surface area contributed by atoms with E-state index in [-0.39, 0.29) is 72.5 Å². The van der Waals surface area contributed by atoms with E-state index in [2.05, 4.69) is 71.7 Å². The van der Waals surface area contributed by atoms with E-state index in [1.807, 2.05) is 69.6 Å². The predicted octanol–water partition coefficient (Wildman–Crippen LogP) is 8.41. The van der Waals surface area contributed by atoms with Crippen LogP contribution in [0.2, 0.25) is 5.02 Å². The van der Waals surface area contributed by atoms with Gasteiger partial charge in [0.2, 0.25) is 17.7 Å². The Balaban J connectivity index is 0.823. The summed E-state index contributed by atoms with van der Waals surface area (Å²) in [5.41, 5.74) is 5.65. The Morgan fingerprint density at radius 1 is 0.986 bits per heavy atom. The van der Waals surface area contributed by atoms with Crippen molar-refractivity contribution in [3.05, 3.63) is 105 Å². The number of aliphatic hydroxyl groups excluding tert-OH is 1. The number of benzene rings is 3. The number of hydrogen-bond acceptors (Lipinski definition) is 10. The number of aliphatic hydroxyl groups is 1. The van der Waals surface area contributed by atoms with Crippen molar-refractivity contribution in [2.75, 3.05) is 26.2 Å². The van der Waals surface area contributed by atoms with Crippen LogP contribution in [-0.4, -0.2) is 100 Å². The van der Waals surface area contributed by atoms with Crippen molar-refractivity contribution in [3.63, 3.8) is 0 Å². The number of aryl methyl sites for hydroxylation is 1. The summed E-state index contributed by atoms with van der Waals surface area (Å²) in [5, 5.41) is 29.5. The molecule has 0 spiro atoms. The SMILES string of the molecule is Cc1ncsc1-c1ccc(CNC(=O)[C@@H]2C[C@@H](O)CN2C(=O)C(NC(=O)CCCCN2CCC(c3ccc(C(=O)N[C@H]4C(C)(C)[C@H](Oc5ccc(C#N)c(Cl)c5)C4(C)C)cc3)CC2)C(C)(C)C)cc1. The zero-order valence-electron chi connectivity index (χ0n) is 41.2. The van der Waals surface area contributed by atoms with Crippen molar-refractivity contribution < 1.29 is 29.0 Å². The fourth-order valence-electron chi connectivity index (χ4n) is 10.8. The number of β-amino-alcohol motifs (C(OH)–C–C–N with tert-alkyl or cyclic N) is 1. The molecule has 4 N–H and O–H groups in total. The lowest BCUT2D eigenvalue weighted by Crippen LogP contribution is -2.74. The van der Waals surface area contributed by atoms with E-state index in [1.54, 1.807) is 29.5 Å². The lowest BCUT2D eigenvalue weighted by Gasteiger charge is -2.63. The maximum atomic E-state index is 14.1. The van der Waals surface area contributed by atoms with Crippen LogP contribution in [0, 0.1) is 34.5 Å². The van der Waals surface area contributed by atoms with Gasteiger partial charge in [0, 0.05) is 54.4 Å². The van der Waals surface area contributed by atoms with Gasteiger partial charge in [0.15, 0.2) is 0 Å². The van der Waals surface area contributed by atoms with Crippen molar-refractivity contribution in [1.82, 2.24) is 30.7 Å². The van der Waals surface area contributed by atoms with Crippen LogP contribution in [0.15, 0.2) is 72.2 Å². The summed E-state index contributed by atoms with van der Waals surface area (Å²) in [6.07, 6.45) is 2.90. The second-order valence-corrected chi connectivity index (χ2v) is 22.7. The lowest BCUT2D eigenvalue weighted by molar-refractivity contribution is -0.164. The van der Waals surface area contributed by atoms with Gasteiger partial charge in [0.05, 0.1) is 32.8 Å². The number of hydrogen-bond donors (Lipinski definition) is 4. The number of amides is 4. The minimum absolute atomic E-state index is 0.0252. The number of carbonyl (C=O) groups excluding carboxylic acids is 4. The molecule has 1 aromatic heterocycles. The maximum Gasteiger partial charge on any atom is 0.251 e. The van der Waals surface area contributed by atoms with Crippen molar-refractivity contribution in [2.45, 2.75) is 137 Å². The van der Waals surface area contributed by atoms with E-state index in [4.69, 9.17) is 16.3 Å². The summed E-state index contributed by atoms with van der Waals surface area (Å²) >= 11 is 7.85. The van der Waals surface area contributed by atoms with Gasteiger partial charge in [-0.15, -0.1) is 11.3 Å². The summed E-state index contributed by atoms with van der Waals surface area (Å²) in [7, 11) is 0. The fourth-order valence-corrected chi connectivity index (χ4v) is 11.9. The third-order valence-corrected chi connectivity index (χ3v) is 15.8. The van der Waals surface area contributed by atoms with Crippen molar-refractivity contribution >= 4 is 46.6 Å². The number of halogens is 1. The number of piperidine rings is 1. The quantitative estimate of drug-likeness (QED) is 0.0803. The van der Waals surface area contributed by atoms with Crippen molar-refractivity contribution in [2.24, 2.45) is 16.2 Å². The van der Waals surface area contributed by atoms with Gasteiger partial charge in [-0.2, -0.15) is 5.26 Å². The molecular formula is C54H68ClN7O6S. The molecule has 0 radical (unpaired) electrons. The Kier molecular flexibility index (Phi) is 15.9. The number of thiazole rings is 1. The molecule has 368 valence electrons. The van der Waals surface area contributed by atoms with Gasteiger partial charge in [-0.3, -0.25) is 19.2 Å². The smallest absolute Gasteiger partial charge is 0.251 e. The Morgan fingerprint density at radius 2 is 1.67 bits per heavy atom. The molecule has 3 atom stereocenters. The Hall–Kier alpha value is -5.33. The Bertz CT molecular complexity index is 2510. The molecule has 3 aliphatic rings. The number of nitrogens with zero attached hydrogens (tertiary/aromatic N) is 4. The third kappa shape index (κ3) is 11.8. The monoisotopic (exact) mass is 977 g/mol. The van der Waals surface area contributed by atoms with E-state index in [1.165, 1.54) is 10.5 Å². The molecule has 0 bridgehead atoms. The molecule has 15 heteroatoms. The number of unbranched alkanes of at least 4 members (excludes halogenated alkanes) is 1. The molecule has 2 aliphatic heterocycles. The molecular weight excluding hydrogens is 910 g/mol. The molecule has 3 aromatic carbocycles. The summed E-state index contributed by atoms with van der Waals surface area (Å²) in [6.45, 7) is 19.1. The second-order valence-electron chi connectivity index (χ2n) is 21.4. The van der Waals surface area contributed by atoms with Crippen LogP contribution < -0.4 is 20.7 Å². The molecule has 1 unspecified atom stereocenters. The first-order valence-electron chi connectivity index (χ1n) is 24.2. The number of aromatic nitrogens is 1. The molecule has 69 heavy (non-hydrogen) atoms. The average Bonchev–Trinajstić information content (AvgIpc) is 3.94. The molecule has 7 rings (SSSR count). The molecule has 2 saturated heterocycles. The van der Waals surface area contributed by atoms with Gasteiger partial charge in [-0.25, -0.2) is 4.98 Å². The van der Waals surface area contributed by atoms with Crippen LogP contribution in [0.25, 0.3) is 10.4 Å². The Morgan fingerprint density at radius 3 is 2.28 bits per heavy atom. The minimum Gasteiger partial charge on any atom is -0.489 e. The first-order chi connectivity index (χ1) is 32.7.